The second kappa shape index (κ2) is 7.29. The molecule has 0 radical (unpaired) electrons. The minimum absolute atomic E-state index is 0.264. The first-order valence-corrected chi connectivity index (χ1v) is 8.90. The van der Waals surface area contributed by atoms with Crippen LogP contribution < -0.4 is 0 Å². The van der Waals surface area contributed by atoms with Crippen molar-refractivity contribution >= 4 is 34.2 Å². The van der Waals surface area contributed by atoms with Gasteiger partial charge in [-0.1, -0.05) is 79.9 Å². The molecule has 0 aromatic heterocycles. The summed E-state index contributed by atoms with van der Waals surface area (Å²) in [6.07, 6.45) is 15.8. The highest BCUT2D eigenvalue weighted by molar-refractivity contribution is 7.81. The normalized spacial score (nSPS) is 17.5. The monoisotopic (exact) mass is 336 g/mol. The van der Waals surface area contributed by atoms with Gasteiger partial charge in [0.1, 0.15) is 0 Å². The minimum atomic E-state index is 0.264. The summed E-state index contributed by atoms with van der Waals surface area (Å²) in [4.78, 5) is 2.01. The molecule has 3 rings (SSSR count). The first kappa shape index (κ1) is 16.2. The third-order valence-electron chi connectivity index (χ3n) is 4.39. The van der Waals surface area contributed by atoms with Gasteiger partial charge in [-0.3, -0.25) is 0 Å². The molecule has 23 heavy (non-hydrogen) atoms. The molecule has 2 aliphatic rings. The Kier molecular flexibility index (Phi) is 5.14. The van der Waals surface area contributed by atoms with Gasteiger partial charge in [0.2, 0.25) is 0 Å². The molecule has 0 bridgehead atoms. The first-order chi connectivity index (χ1) is 11.2. The van der Waals surface area contributed by atoms with Gasteiger partial charge in [-0.25, -0.2) is 0 Å². The van der Waals surface area contributed by atoms with Crippen LogP contribution in [0.15, 0.2) is 71.9 Å². The van der Waals surface area contributed by atoms with E-state index in [0.717, 1.165) is 29.0 Å². The van der Waals surface area contributed by atoms with E-state index in [2.05, 4.69) is 67.6 Å². The van der Waals surface area contributed by atoms with Crippen LogP contribution in [0.5, 0.6) is 0 Å². The molecule has 1 aromatic carbocycles. The summed E-state index contributed by atoms with van der Waals surface area (Å²) in [6.45, 7) is 2.19. The van der Waals surface area contributed by atoms with Crippen molar-refractivity contribution in [2.45, 2.75) is 32.1 Å². The standard InChI is InChI=1S/C21H20S2/c1-2-15-3-5-16(6-4-15)21(17-7-11-19(22)12-8-17)18-9-13-20(23)14-10-18/h3-11,13,21H,2,12,14H2,1H3. The summed E-state index contributed by atoms with van der Waals surface area (Å²) >= 11 is 10.6. The van der Waals surface area contributed by atoms with E-state index in [1.807, 2.05) is 0 Å². The van der Waals surface area contributed by atoms with Crippen LogP contribution in [0.3, 0.4) is 0 Å². The molecule has 116 valence electrons. The molecule has 1 aromatic rings. The number of hydrogen-bond donors (Lipinski definition) is 0. The van der Waals surface area contributed by atoms with Gasteiger partial charge < -0.3 is 0 Å². The molecule has 0 saturated carbocycles. The predicted octanol–water partition coefficient (Wildman–Crippen LogP) is 5.85. The lowest BCUT2D eigenvalue weighted by molar-refractivity contribution is 0.955. The molecule has 0 fully saturated rings. The van der Waals surface area contributed by atoms with Crippen molar-refractivity contribution in [3.63, 3.8) is 0 Å². The molecule has 0 aliphatic heterocycles. The predicted molar refractivity (Wildman–Crippen MR) is 107 cm³/mol. The van der Waals surface area contributed by atoms with Gasteiger partial charge in [0.15, 0.2) is 0 Å². The smallest absolute Gasteiger partial charge is 0.0333 e. The van der Waals surface area contributed by atoms with Crippen molar-refractivity contribution in [3.05, 3.63) is 83.0 Å². The largest absolute Gasteiger partial charge is 0.0846 e. The Hall–Kier alpha value is -1.64. The van der Waals surface area contributed by atoms with Crippen molar-refractivity contribution in [1.29, 1.82) is 0 Å². The van der Waals surface area contributed by atoms with Crippen LogP contribution in [-0.4, -0.2) is 9.73 Å². The number of benzene rings is 1. The molecule has 0 atom stereocenters. The van der Waals surface area contributed by atoms with Crippen molar-refractivity contribution in [3.8, 4) is 0 Å². The Morgan fingerprint density at radius 1 is 0.826 bits per heavy atom. The van der Waals surface area contributed by atoms with Crippen LogP contribution in [0.2, 0.25) is 0 Å². The van der Waals surface area contributed by atoms with Crippen LogP contribution in [0, 0.1) is 0 Å². The van der Waals surface area contributed by atoms with Gasteiger partial charge in [-0.15, -0.1) is 0 Å². The van der Waals surface area contributed by atoms with Crippen LogP contribution in [0.1, 0.15) is 36.8 Å². The zero-order chi connectivity index (χ0) is 16.2. The van der Waals surface area contributed by atoms with Crippen molar-refractivity contribution < 1.29 is 0 Å². The SMILES string of the molecule is CCc1ccc(C(C2=CCC(=S)C=C2)C2=CCC(=S)C=C2)cc1. The topological polar surface area (TPSA) is 0 Å². The van der Waals surface area contributed by atoms with Crippen molar-refractivity contribution in [2.75, 3.05) is 0 Å². The fourth-order valence-corrected chi connectivity index (χ4v) is 3.34. The first-order valence-electron chi connectivity index (χ1n) is 8.08. The maximum absolute atomic E-state index is 5.29. The fourth-order valence-electron chi connectivity index (χ4n) is 3.04. The number of allylic oxidation sites excluding steroid dienone is 8. The summed E-state index contributed by atoms with van der Waals surface area (Å²) in [7, 11) is 0. The molecular weight excluding hydrogens is 316 g/mol. The Labute approximate surface area is 149 Å². The summed E-state index contributed by atoms with van der Waals surface area (Å²) in [6, 6.07) is 8.98. The third kappa shape index (κ3) is 3.82. The average molecular weight is 337 g/mol. The van der Waals surface area contributed by atoms with Gasteiger partial charge >= 0.3 is 0 Å². The lowest BCUT2D eigenvalue weighted by Crippen LogP contribution is -2.09. The van der Waals surface area contributed by atoms with E-state index in [1.165, 1.54) is 22.3 Å². The summed E-state index contributed by atoms with van der Waals surface area (Å²) in [5.41, 5.74) is 5.35. The average Bonchev–Trinajstić information content (AvgIpc) is 2.59. The van der Waals surface area contributed by atoms with E-state index < -0.39 is 0 Å². The van der Waals surface area contributed by atoms with Crippen molar-refractivity contribution in [1.82, 2.24) is 0 Å². The van der Waals surface area contributed by atoms with E-state index in [1.54, 1.807) is 0 Å². The minimum Gasteiger partial charge on any atom is -0.0846 e. The molecule has 0 saturated heterocycles. The van der Waals surface area contributed by atoms with Crippen molar-refractivity contribution in [2.24, 2.45) is 0 Å². The molecule has 0 nitrogen and oxygen atoms in total. The maximum Gasteiger partial charge on any atom is 0.0333 e. The van der Waals surface area contributed by atoms with Gasteiger partial charge in [0.05, 0.1) is 0 Å². The Morgan fingerprint density at radius 2 is 1.35 bits per heavy atom. The highest BCUT2D eigenvalue weighted by atomic mass is 32.1. The van der Waals surface area contributed by atoms with Gasteiger partial charge in [-0.05, 0) is 40.8 Å². The van der Waals surface area contributed by atoms with Gasteiger partial charge in [0, 0.05) is 28.5 Å². The number of thiocarbonyl (C=S) groups is 2. The molecule has 0 spiro atoms. The van der Waals surface area contributed by atoms with Gasteiger partial charge in [-0.2, -0.15) is 0 Å². The third-order valence-corrected chi connectivity index (χ3v) is 4.99. The molecular formula is C21H20S2. The quantitative estimate of drug-likeness (QED) is 0.633. The Balaban J connectivity index is 1.99. The van der Waals surface area contributed by atoms with E-state index in [-0.39, 0.29) is 5.92 Å². The van der Waals surface area contributed by atoms with Crippen LogP contribution in [-0.2, 0) is 6.42 Å². The van der Waals surface area contributed by atoms with Crippen LogP contribution in [0.4, 0.5) is 0 Å². The molecule has 0 amide bonds. The molecule has 2 aliphatic carbocycles. The second-order valence-electron chi connectivity index (χ2n) is 5.94. The van der Waals surface area contributed by atoms with E-state index in [9.17, 15) is 0 Å². The zero-order valence-corrected chi connectivity index (χ0v) is 14.9. The van der Waals surface area contributed by atoms with E-state index in [0.29, 0.717) is 0 Å². The summed E-state index contributed by atoms with van der Waals surface area (Å²) < 4.78 is 0. The maximum atomic E-state index is 5.29. The number of rotatable bonds is 4. The molecule has 0 unspecified atom stereocenters. The number of hydrogen-bond acceptors (Lipinski definition) is 2. The highest BCUT2D eigenvalue weighted by Crippen LogP contribution is 2.36. The fraction of sp³-hybridized carbons (Fsp3) is 0.238. The lowest BCUT2D eigenvalue weighted by atomic mass is 9.80. The van der Waals surface area contributed by atoms with Crippen LogP contribution in [0.25, 0.3) is 0 Å². The lowest BCUT2D eigenvalue weighted by Gasteiger charge is -2.24. The molecule has 0 heterocycles. The Bertz CT molecular complexity index is 701. The summed E-state index contributed by atoms with van der Waals surface area (Å²) in [5, 5.41) is 0. The second-order valence-corrected chi connectivity index (χ2v) is 6.99. The van der Waals surface area contributed by atoms with Crippen LogP contribution >= 0.6 is 24.4 Å². The molecule has 2 heteroatoms. The highest BCUT2D eigenvalue weighted by Gasteiger charge is 2.21. The summed E-state index contributed by atoms with van der Waals surface area (Å²) in [5.74, 6) is 0.264. The number of aryl methyl sites for hydroxylation is 1. The van der Waals surface area contributed by atoms with Gasteiger partial charge in [0.25, 0.3) is 0 Å². The van der Waals surface area contributed by atoms with E-state index in [4.69, 9.17) is 24.4 Å². The molecule has 0 N–H and O–H groups in total. The zero-order valence-electron chi connectivity index (χ0n) is 13.3. The Morgan fingerprint density at radius 3 is 1.74 bits per heavy atom. The van der Waals surface area contributed by atoms with E-state index >= 15 is 0 Å².